The molecule has 1 saturated heterocycles. The third-order valence-corrected chi connectivity index (χ3v) is 8.11. The number of hydrogen-bond donors (Lipinski definition) is 3. The van der Waals surface area contributed by atoms with E-state index in [0.29, 0.717) is 17.1 Å². The fourth-order valence-corrected chi connectivity index (χ4v) is 5.92. The van der Waals surface area contributed by atoms with Gasteiger partial charge in [-0.05, 0) is 80.4 Å². The van der Waals surface area contributed by atoms with Gasteiger partial charge in [0.05, 0.1) is 23.4 Å². The smallest absolute Gasteiger partial charge is 0.261 e. The van der Waals surface area contributed by atoms with Crippen LogP contribution < -0.4 is 25.0 Å². The second-order valence-corrected chi connectivity index (χ2v) is 11.1. The van der Waals surface area contributed by atoms with Crippen molar-refractivity contribution >= 4 is 50.3 Å². The Morgan fingerprint density at radius 3 is 2.34 bits per heavy atom. The first-order valence-corrected chi connectivity index (χ1v) is 13.9. The third-order valence-electron chi connectivity index (χ3n) is 6.53. The molecule has 0 radical (unpaired) electrons. The lowest BCUT2D eigenvalue weighted by Gasteiger charge is -2.24. The first kappa shape index (κ1) is 25.2. The molecular formula is C25H32N4O4S2. The number of anilines is 3. The SMILES string of the molecule is COc1ccc(NS(=O)(=O)c2ccc(N3CCCC3)c(NC(=S)NC(=O)C3CCCCC3)c2)cc1. The molecule has 2 aromatic rings. The van der Waals surface area contributed by atoms with Crippen LogP contribution in [0.15, 0.2) is 47.4 Å². The zero-order valence-electron chi connectivity index (χ0n) is 19.9. The topological polar surface area (TPSA) is 99.8 Å². The first-order valence-electron chi connectivity index (χ1n) is 12.0. The molecule has 0 aromatic heterocycles. The van der Waals surface area contributed by atoms with E-state index in [2.05, 4.69) is 20.3 Å². The Labute approximate surface area is 212 Å². The molecule has 1 saturated carbocycles. The molecule has 0 atom stereocenters. The summed E-state index contributed by atoms with van der Waals surface area (Å²) in [7, 11) is -2.30. The minimum Gasteiger partial charge on any atom is -0.497 e. The molecule has 4 rings (SSSR count). The number of nitrogens with zero attached hydrogens (tertiary/aromatic N) is 1. The van der Waals surface area contributed by atoms with E-state index in [4.69, 9.17) is 17.0 Å². The summed E-state index contributed by atoms with van der Waals surface area (Å²) in [6, 6.07) is 11.6. The number of thiocarbonyl (C=S) groups is 1. The first-order chi connectivity index (χ1) is 16.9. The van der Waals surface area contributed by atoms with Crippen molar-refractivity contribution in [2.75, 3.05) is 35.1 Å². The Balaban J connectivity index is 1.54. The monoisotopic (exact) mass is 516 g/mol. The van der Waals surface area contributed by atoms with Gasteiger partial charge in [-0.25, -0.2) is 8.42 Å². The van der Waals surface area contributed by atoms with Gasteiger partial charge in [0.2, 0.25) is 5.91 Å². The standard InChI is InChI=1S/C25H32N4O4S2/c1-33-20-11-9-19(10-12-20)28-35(31,32)21-13-14-23(29-15-5-6-16-29)22(17-21)26-25(34)27-24(30)18-7-3-2-4-8-18/h9-14,17-18,28H,2-8,15-16H2,1H3,(H2,26,27,30,34). The van der Waals surface area contributed by atoms with Crippen LogP contribution in [-0.2, 0) is 14.8 Å². The van der Waals surface area contributed by atoms with Crippen LogP contribution in [0.25, 0.3) is 0 Å². The Hall–Kier alpha value is -2.85. The van der Waals surface area contributed by atoms with Crippen LogP contribution >= 0.6 is 12.2 Å². The van der Waals surface area contributed by atoms with E-state index in [0.717, 1.165) is 63.7 Å². The molecule has 1 amide bonds. The number of hydrogen-bond acceptors (Lipinski definition) is 6. The van der Waals surface area contributed by atoms with Gasteiger partial charge in [0.1, 0.15) is 5.75 Å². The number of carbonyl (C=O) groups excluding carboxylic acids is 1. The predicted octanol–water partition coefficient (Wildman–Crippen LogP) is 4.49. The quantitative estimate of drug-likeness (QED) is 0.466. The average Bonchev–Trinajstić information content (AvgIpc) is 3.39. The third kappa shape index (κ3) is 6.43. The van der Waals surface area contributed by atoms with Crippen LogP contribution in [0, 0.1) is 5.92 Å². The summed E-state index contributed by atoms with van der Waals surface area (Å²) < 4.78 is 34.0. The minimum atomic E-state index is -3.85. The molecule has 35 heavy (non-hydrogen) atoms. The number of benzene rings is 2. The van der Waals surface area contributed by atoms with E-state index >= 15 is 0 Å². The minimum absolute atomic E-state index is 0.0260. The largest absolute Gasteiger partial charge is 0.497 e. The molecule has 3 N–H and O–H groups in total. The van der Waals surface area contributed by atoms with Crippen LogP contribution in [0.1, 0.15) is 44.9 Å². The van der Waals surface area contributed by atoms with Crippen molar-refractivity contribution in [2.45, 2.75) is 49.8 Å². The Morgan fingerprint density at radius 2 is 1.69 bits per heavy atom. The maximum absolute atomic E-state index is 13.1. The highest BCUT2D eigenvalue weighted by Crippen LogP contribution is 2.32. The molecule has 2 fully saturated rings. The van der Waals surface area contributed by atoms with E-state index in [9.17, 15) is 13.2 Å². The maximum Gasteiger partial charge on any atom is 0.261 e. The summed E-state index contributed by atoms with van der Waals surface area (Å²) in [4.78, 5) is 14.9. The molecule has 0 unspecified atom stereocenters. The highest BCUT2D eigenvalue weighted by atomic mass is 32.2. The molecule has 2 aromatic carbocycles. The number of sulfonamides is 1. The molecule has 188 valence electrons. The van der Waals surface area contributed by atoms with Crippen molar-refractivity contribution < 1.29 is 17.9 Å². The van der Waals surface area contributed by atoms with Crippen molar-refractivity contribution in [1.29, 1.82) is 0 Å². The van der Waals surface area contributed by atoms with Crippen LogP contribution in [0.3, 0.4) is 0 Å². The van der Waals surface area contributed by atoms with Gasteiger partial charge in [-0.2, -0.15) is 0 Å². The summed E-state index contributed by atoms with van der Waals surface area (Å²) in [6.45, 7) is 1.76. The van der Waals surface area contributed by atoms with Crippen LogP contribution in [0.5, 0.6) is 5.75 Å². The zero-order valence-corrected chi connectivity index (χ0v) is 21.5. The second-order valence-electron chi connectivity index (χ2n) is 8.99. The Bertz CT molecular complexity index is 1160. The Kier molecular flexibility index (Phi) is 8.12. The van der Waals surface area contributed by atoms with E-state index in [1.54, 1.807) is 49.6 Å². The summed E-state index contributed by atoms with van der Waals surface area (Å²) in [5.41, 5.74) is 1.85. The van der Waals surface area contributed by atoms with E-state index in [1.807, 2.05) is 0 Å². The summed E-state index contributed by atoms with van der Waals surface area (Å²) in [5, 5.41) is 6.09. The fourth-order valence-electron chi connectivity index (χ4n) is 4.62. The Morgan fingerprint density at radius 1 is 1.00 bits per heavy atom. The summed E-state index contributed by atoms with van der Waals surface area (Å²) >= 11 is 5.44. The lowest BCUT2D eigenvalue weighted by molar-refractivity contribution is -0.124. The van der Waals surface area contributed by atoms with E-state index in [-0.39, 0.29) is 21.8 Å². The molecule has 0 spiro atoms. The van der Waals surface area contributed by atoms with Crippen molar-refractivity contribution in [1.82, 2.24) is 5.32 Å². The zero-order chi connectivity index (χ0) is 24.8. The van der Waals surface area contributed by atoms with Gasteiger partial charge in [0, 0.05) is 24.7 Å². The van der Waals surface area contributed by atoms with Crippen molar-refractivity contribution in [2.24, 2.45) is 5.92 Å². The number of amides is 1. The fraction of sp³-hybridized carbons (Fsp3) is 0.440. The molecule has 10 heteroatoms. The van der Waals surface area contributed by atoms with Gasteiger partial charge < -0.3 is 20.3 Å². The highest BCUT2D eigenvalue weighted by molar-refractivity contribution is 7.92. The molecule has 8 nitrogen and oxygen atoms in total. The summed E-state index contributed by atoms with van der Waals surface area (Å²) in [5.74, 6) is 0.537. The molecule has 1 heterocycles. The van der Waals surface area contributed by atoms with Gasteiger partial charge >= 0.3 is 0 Å². The second kappa shape index (κ2) is 11.3. The van der Waals surface area contributed by atoms with Crippen molar-refractivity contribution in [3.05, 3.63) is 42.5 Å². The number of ether oxygens (including phenoxy) is 1. The molecule has 2 aliphatic rings. The maximum atomic E-state index is 13.1. The molecule has 1 aliphatic carbocycles. The molecule has 1 aliphatic heterocycles. The normalized spacial score (nSPS) is 16.5. The summed E-state index contributed by atoms with van der Waals surface area (Å²) in [6.07, 6.45) is 7.16. The van der Waals surface area contributed by atoms with Gasteiger partial charge in [-0.3, -0.25) is 9.52 Å². The van der Waals surface area contributed by atoms with Gasteiger partial charge in [0.25, 0.3) is 10.0 Å². The van der Waals surface area contributed by atoms with E-state index in [1.165, 1.54) is 0 Å². The lowest BCUT2D eigenvalue weighted by Crippen LogP contribution is -2.39. The predicted molar refractivity (Wildman–Crippen MR) is 143 cm³/mol. The highest BCUT2D eigenvalue weighted by Gasteiger charge is 2.24. The molecule has 0 bridgehead atoms. The lowest BCUT2D eigenvalue weighted by atomic mass is 9.89. The van der Waals surface area contributed by atoms with Gasteiger partial charge in [-0.1, -0.05) is 19.3 Å². The van der Waals surface area contributed by atoms with Gasteiger partial charge in [0.15, 0.2) is 5.11 Å². The van der Waals surface area contributed by atoms with Crippen LogP contribution in [-0.4, -0.2) is 39.6 Å². The van der Waals surface area contributed by atoms with Crippen molar-refractivity contribution in [3.63, 3.8) is 0 Å². The number of carbonyl (C=O) groups is 1. The number of nitrogens with one attached hydrogen (secondary N) is 3. The van der Waals surface area contributed by atoms with Crippen LogP contribution in [0.2, 0.25) is 0 Å². The number of methoxy groups -OCH3 is 1. The van der Waals surface area contributed by atoms with Gasteiger partial charge in [-0.15, -0.1) is 0 Å². The average molecular weight is 517 g/mol. The van der Waals surface area contributed by atoms with E-state index < -0.39 is 10.0 Å². The molecular weight excluding hydrogens is 484 g/mol. The van der Waals surface area contributed by atoms with Crippen LogP contribution in [0.4, 0.5) is 17.1 Å². The number of rotatable bonds is 7. The van der Waals surface area contributed by atoms with Crippen molar-refractivity contribution in [3.8, 4) is 5.75 Å².